The van der Waals surface area contributed by atoms with Gasteiger partial charge >= 0.3 is 6.18 Å². The second kappa shape index (κ2) is 2.62. The zero-order chi connectivity index (χ0) is 7.61. The smallest absolute Gasteiger partial charge is 0.313 e. The fraction of sp³-hybridized carbons (Fsp3) is 0.667. The van der Waals surface area contributed by atoms with E-state index in [0.29, 0.717) is 31.2 Å². The molecule has 0 aromatic carbocycles. The summed E-state index contributed by atoms with van der Waals surface area (Å²) < 4.78 is 34.8. The lowest BCUT2D eigenvalue weighted by Crippen LogP contribution is -2.07. The van der Waals surface area contributed by atoms with E-state index in [0.717, 1.165) is 0 Å². The molecule has 1 heterocycles. The van der Waals surface area contributed by atoms with Gasteiger partial charge in [-0.15, -0.1) is 0 Å². The van der Waals surface area contributed by atoms with E-state index in [-0.39, 0.29) is 0 Å². The average Bonchev–Trinajstić information content (AvgIpc) is 2.12. The molecule has 0 radical (unpaired) electrons. The Hall–Kier alpha value is -0.510. The Balaban J connectivity index is 2.53. The third-order valence-electron chi connectivity index (χ3n) is 1.34. The van der Waals surface area contributed by atoms with E-state index in [2.05, 4.69) is 5.32 Å². The van der Waals surface area contributed by atoms with Crippen LogP contribution in [0, 0.1) is 0 Å². The van der Waals surface area contributed by atoms with Crippen LogP contribution in [-0.2, 0) is 0 Å². The topological polar surface area (TPSA) is 12.0 Å². The minimum atomic E-state index is -4.14. The minimum Gasteiger partial charge on any atom is -0.313 e. The van der Waals surface area contributed by atoms with Crippen LogP contribution < -0.4 is 5.32 Å². The van der Waals surface area contributed by atoms with Gasteiger partial charge in [-0.1, -0.05) is 5.57 Å². The van der Waals surface area contributed by atoms with Gasteiger partial charge in [-0.2, -0.15) is 13.2 Å². The predicted octanol–water partition coefficient (Wildman–Crippen LogP) is 1.47. The first kappa shape index (κ1) is 7.60. The number of alkyl halides is 3. The molecule has 1 rings (SSSR count). The summed E-state index contributed by atoms with van der Waals surface area (Å²) in [5.74, 6) is 0. The molecule has 0 unspecified atom stereocenters. The Labute approximate surface area is 56.9 Å². The summed E-state index contributed by atoms with van der Waals surface area (Å²) in [6.07, 6.45) is -3.23. The largest absolute Gasteiger partial charge is 0.409 e. The molecule has 0 aromatic rings. The Kier molecular flexibility index (Phi) is 1.99. The van der Waals surface area contributed by atoms with E-state index in [1.807, 2.05) is 0 Å². The predicted molar refractivity (Wildman–Crippen MR) is 31.6 cm³/mol. The fourth-order valence-electron chi connectivity index (χ4n) is 0.941. The van der Waals surface area contributed by atoms with Gasteiger partial charge in [0.1, 0.15) is 0 Å². The van der Waals surface area contributed by atoms with E-state index in [9.17, 15) is 13.2 Å². The molecule has 0 aromatic heterocycles. The Morgan fingerprint density at radius 3 is 2.50 bits per heavy atom. The zero-order valence-electron chi connectivity index (χ0n) is 5.33. The lowest BCUT2D eigenvalue weighted by molar-refractivity contribution is -0.0805. The molecule has 0 amide bonds. The molecular formula is C6H8F3N. The Morgan fingerprint density at radius 2 is 2.10 bits per heavy atom. The second-order valence-electron chi connectivity index (χ2n) is 2.27. The van der Waals surface area contributed by atoms with Crippen molar-refractivity contribution < 1.29 is 13.2 Å². The van der Waals surface area contributed by atoms with Crippen LogP contribution in [0.1, 0.15) is 6.42 Å². The maximum atomic E-state index is 11.6. The monoisotopic (exact) mass is 151 g/mol. The fourth-order valence-corrected chi connectivity index (χ4v) is 0.941. The summed E-state index contributed by atoms with van der Waals surface area (Å²) >= 11 is 0. The van der Waals surface area contributed by atoms with Crippen molar-refractivity contribution in [1.82, 2.24) is 5.32 Å². The van der Waals surface area contributed by atoms with E-state index in [1.54, 1.807) is 0 Å². The third-order valence-corrected chi connectivity index (χ3v) is 1.34. The number of hydrogen-bond acceptors (Lipinski definition) is 1. The van der Waals surface area contributed by atoms with Crippen molar-refractivity contribution >= 4 is 0 Å². The summed E-state index contributed by atoms with van der Waals surface area (Å²) in [7, 11) is 0. The highest BCUT2D eigenvalue weighted by molar-refractivity contribution is 5.11. The molecule has 1 aliphatic heterocycles. The highest BCUT2D eigenvalue weighted by atomic mass is 19.4. The van der Waals surface area contributed by atoms with Crippen LogP contribution in [0.4, 0.5) is 13.2 Å². The zero-order valence-corrected chi connectivity index (χ0v) is 5.33. The summed E-state index contributed by atoms with van der Waals surface area (Å²) in [6.45, 7) is 1.06. The first-order valence-corrected chi connectivity index (χ1v) is 3.06. The van der Waals surface area contributed by atoms with Gasteiger partial charge in [0.2, 0.25) is 0 Å². The molecule has 0 spiro atoms. The van der Waals surface area contributed by atoms with Gasteiger partial charge in [0.25, 0.3) is 0 Å². The maximum Gasteiger partial charge on any atom is 0.409 e. The van der Waals surface area contributed by atoms with Crippen molar-refractivity contribution in [3.8, 4) is 0 Å². The number of rotatable bonds is 0. The SMILES string of the molecule is FC(F)(F)/C=C1\CCNC1. The first-order valence-electron chi connectivity index (χ1n) is 3.06. The lowest BCUT2D eigenvalue weighted by Gasteiger charge is -1.99. The van der Waals surface area contributed by atoms with Crippen LogP contribution >= 0.6 is 0 Å². The molecule has 0 saturated carbocycles. The molecule has 0 atom stereocenters. The minimum absolute atomic E-state index is 0.382. The van der Waals surface area contributed by atoms with Crippen molar-refractivity contribution in [3.63, 3.8) is 0 Å². The summed E-state index contributed by atoms with van der Waals surface area (Å²) in [5.41, 5.74) is 0.451. The maximum absolute atomic E-state index is 11.6. The molecule has 1 nitrogen and oxygen atoms in total. The van der Waals surface area contributed by atoms with Gasteiger partial charge in [-0.05, 0) is 13.0 Å². The molecule has 1 N–H and O–H groups in total. The van der Waals surface area contributed by atoms with E-state index < -0.39 is 6.18 Å². The highest BCUT2D eigenvalue weighted by Crippen LogP contribution is 2.20. The number of hydrogen-bond donors (Lipinski definition) is 1. The van der Waals surface area contributed by atoms with Crippen molar-refractivity contribution in [3.05, 3.63) is 11.6 Å². The van der Waals surface area contributed by atoms with E-state index in [4.69, 9.17) is 0 Å². The number of halogens is 3. The van der Waals surface area contributed by atoms with Crippen LogP contribution in [0.2, 0.25) is 0 Å². The number of nitrogens with one attached hydrogen (secondary N) is 1. The highest BCUT2D eigenvalue weighted by Gasteiger charge is 2.25. The van der Waals surface area contributed by atoms with Crippen molar-refractivity contribution in [2.24, 2.45) is 0 Å². The van der Waals surface area contributed by atoms with E-state index >= 15 is 0 Å². The first-order chi connectivity index (χ1) is 4.58. The molecule has 1 fully saturated rings. The Morgan fingerprint density at radius 1 is 1.40 bits per heavy atom. The quantitative estimate of drug-likeness (QED) is 0.517. The van der Waals surface area contributed by atoms with E-state index in [1.165, 1.54) is 0 Å². The van der Waals surface area contributed by atoms with Crippen LogP contribution in [0.25, 0.3) is 0 Å². The molecule has 1 saturated heterocycles. The van der Waals surface area contributed by atoms with Gasteiger partial charge in [0.15, 0.2) is 0 Å². The summed E-state index contributed by atoms with van der Waals surface area (Å²) in [5, 5.41) is 2.83. The van der Waals surface area contributed by atoms with Crippen molar-refractivity contribution in [2.45, 2.75) is 12.6 Å². The summed E-state index contributed by atoms with van der Waals surface area (Å²) in [4.78, 5) is 0. The third kappa shape index (κ3) is 2.39. The average molecular weight is 151 g/mol. The molecule has 58 valence electrons. The Bertz CT molecular complexity index is 140. The summed E-state index contributed by atoms with van der Waals surface area (Å²) in [6, 6.07) is 0. The molecule has 0 bridgehead atoms. The molecule has 1 aliphatic rings. The van der Waals surface area contributed by atoms with Gasteiger partial charge in [-0.25, -0.2) is 0 Å². The van der Waals surface area contributed by atoms with Gasteiger partial charge in [0.05, 0.1) is 0 Å². The van der Waals surface area contributed by atoms with Crippen molar-refractivity contribution in [2.75, 3.05) is 13.1 Å². The normalized spacial score (nSPS) is 24.1. The lowest BCUT2D eigenvalue weighted by atomic mass is 10.2. The van der Waals surface area contributed by atoms with Crippen LogP contribution in [0.3, 0.4) is 0 Å². The standard InChI is InChI=1S/C6H8F3N/c7-6(8,9)3-5-1-2-10-4-5/h3,10H,1-2,4H2/b5-3+. The molecular weight excluding hydrogens is 143 g/mol. The van der Waals surface area contributed by atoms with Gasteiger partial charge in [-0.3, -0.25) is 0 Å². The van der Waals surface area contributed by atoms with Gasteiger partial charge < -0.3 is 5.32 Å². The molecule has 0 aliphatic carbocycles. The number of allylic oxidation sites excluding steroid dienone is 1. The van der Waals surface area contributed by atoms with Crippen LogP contribution in [-0.4, -0.2) is 19.3 Å². The van der Waals surface area contributed by atoms with Crippen molar-refractivity contribution in [1.29, 1.82) is 0 Å². The molecule has 4 heteroatoms. The second-order valence-corrected chi connectivity index (χ2v) is 2.27. The van der Waals surface area contributed by atoms with Crippen LogP contribution in [0.5, 0.6) is 0 Å². The van der Waals surface area contributed by atoms with Gasteiger partial charge in [0, 0.05) is 12.6 Å². The van der Waals surface area contributed by atoms with Crippen LogP contribution in [0.15, 0.2) is 11.6 Å². The molecule has 10 heavy (non-hydrogen) atoms.